The van der Waals surface area contributed by atoms with Crippen LogP contribution in [0.4, 0.5) is 0 Å². The molecule has 0 unspecified atom stereocenters. The second-order valence-corrected chi connectivity index (χ2v) is 7.86. The summed E-state index contributed by atoms with van der Waals surface area (Å²) in [5, 5.41) is 2.47. The first-order valence-corrected chi connectivity index (χ1v) is 9.72. The lowest BCUT2D eigenvalue weighted by atomic mass is 10.0. The van der Waals surface area contributed by atoms with E-state index in [9.17, 15) is 14.4 Å². The van der Waals surface area contributed by atoms with Crippen molar-refractivity contribution in [2.75, 3.05) is 6.61 Å². The molecule has 0 saturated heterocycles. The lowest BCUT2D eigenvalue weighted by molar-refractivity contribution is -0.152. The zero-order chi connectivity index (χ0) is 22.1. The van der Waals surface area contributed by atoms with Crippen LogP contribution in [0, 0.1) is 0 Å². The maximum absolute atomic E-state index is 12.8. The third-order valence-electron chi connectivity index (χ3n) is 4.26. The average Bonchev–Trinajstić information content (AvgIpc) is 2.70. The molecule has 0 aliphatic heterocycles. The van der Waals surface area contributed by atoms with Gasteiger partial charge >= 0.3 is 5.97 Å². The molecule has 30 heavy (non-hydrogen) atoms. The Labute approximate surface area is 177 Å². The van der Waals surface area contributed by atoms with Crippen molar-refractivity contribution in [2.45, 2.75) is 39.8 Å². The standard InChI is InChI=1S/C24H28N2O4/c1-18(27)25-21(15-19-11-7-5-8-12-19)23(29)30-17-22(28)26(24(2,3)4)16-20-13-9-6-10-14-20/h5-15H,16-17H2,1-4H3,(H,25,27)/b21-15+. The normalized spacial score (nSPS) is 11.5. The molecule has 0 aliphatic carbocycles. The monoisotopic (exact) mass is 408 g/mol. The molecule has 158 valence electrons. The van der Waals surface area contributed by atoms with Gasteiger partial charge < -0.3 is 15.0 Å². The second kappa shape index (κ2) is 10.4. The summed E-state index contributed by atoms with van der Waals surface area (Å²) in [6.07, 6.45) is 1.51. The predicted octanol–water partition coefficient (Wildman–Crippen LogP) is 3.53. The molecule has 0 fully saturated rings. The minimum Gasteiger partial charge on any atom is -0.451 e. The van der Waals surface area contributed by atoms with Crippen LogP contribution in [0.5, 0.6) is 0 Å². The van der Waals surface area contributed by atoms with Gasteiger partial charge in [0.1, 0.15) is 5.70 Å². The average molecular weight is 408 g/mol. The largest absolute Gasteiger partial charge is 0.451 e. The van der Waals surface area contributed by atoms with Crippen LogP contribution >= 0.6 is 0 Å². The van der Waals surface area contributed by atoms with Crippen molar-refractivity contribution in [3.8, 4) is 0 Å². The molecular formula is C24H28N2O4. The summed E-state index contributed by atoms with van der Waals surface area (Å²) in [5.41, 5.74) is 1.23. The van der Waals surface area contributed by atoms with Crippen molar-refractivity contribution in [2.24, 2.45) is 0 Å². The Kier molecular flexibility index (Phi) is 7.92. The van der Waals surface area contributed by atoms with Gasteiger partial charge in [0.2, 0.25) is 5.91 Å². The third-order valence-corrected chi connectivity index (χ3v) is 4.26. The van der Waals surface area contributed by atoms with Crippen LogP contribution in [0.2, 0.25) is 0 Å². The quantitative estimate of drug-likeness (QED) is 0.562. The molecule has 0 aliphatic rings. The Balaban J connectivity index is 2.11. The Hall–Kier alpha value is -3.41. The Morgan fingerprint density at radius 2 is 1.53 bits per heavy atom. The van der Waals surface area contributed by atoms with Crippen LogP contribution in [0.3, 0.4) is 0 Å². The smallest absolute Gasteiger partial charge is 0.355 e. The Bertz CT molecular complexity index is 900. The first-order chi connectivity index (χ1) is 14.2. The summed E-state index contributed by atoms with van der Waals surface area (Å²) in [6, 6.07) is 18.7. The molecule has 0 atom stereocenters. The molecule has 2 aromatic carbocycles. The number of amides is 2. The minimum atomic E-state index is -0.768. The first kappa shape index (κ1) is 22.9. The zero-order valence-corrected chi connectivity index (χ0v) is 17.8. The van der Waals surface area contributed by atoms with E-state index in [2.05, 4.69) is 5.32 Å². The molecule has 6 nitrogen and oxygen atoms in total. The highest BCUT2D eigenvalue weighted by Gasteiger charge is 2.27. The highest BCUT2D eigenvalue weighted by atomic mass is 16.5. The Morgan fingerprint density at radius 1 is 0.967 bits per heavy atom. The maximum atomic E-state index is 12.8. The highest BCUT2D eigenvalue weighted by Crippen LogP contribution is 2.18. The molecular weight excluding hydrogens is 380 g/mol. The molecule has 2 amide bonds. The van der Waals surface area contributed by atoms with Crippen molar-refractivity contribution >= 4 is 23.9 Å². The number of carbonyl (C=O) groups excluding carboxylic acids is 3. The summed E-state index contributed by atoms with van der Waals surface area (Å²) >= 11 is 0. The third kappa shape index (κ3) is 7.20. The van der Waals surface area contributed by atoms with Crippen molar-refractivity contribution in [3.63, 3.8) is 0 Å². The van der Waals surface area contributed by atoms with Crippen molar-refractivity contribution in [1.82, 2.24) is 10.2 Å². The van der Waals surface area contributed by atoms with Crippen LogP contribution < -0.4 is 5.32 Å². The fraction of sp³-hybridized carbons (Fsp3) is 0.292. The lowest BCUT2D eigenvalue weighted by Gasteiger charge is -2.35. The van der Waals surface area contributed by atoms with Crippen LogP contribution in [-0.4, -0.2) is 34.8 Å². The van der Waals surface area contributed by atoms with E-state index in [1.54, 1.807) is 17.0 Å². The van der Waals surface area contributed by atoms with E-state index in [0.717, 1.165) is 11.1 Å². The molecule has 1 N–H and O–H groups in total. The van der Waals surface area contributed by atoms with Gasteiger partial charge in [-0.3, -0.25) is 9.59 Å². The van der Waals surface area contributed by atoms with E-state index in [0.29, 0.717) is 6.54 Å². The van der Waals surface area contributed by atoms with Crippen molar-refractivity contribution < 1.29 is 19.1 Å². The van der Waals surface area contributed by atoms with Crippen molar-refractivity contribution in [1.29, 1.82) is 0 Å². The van der Waals surface area contributed by atoms with Gasteiger partial charge in [-0.05, 0) is 38.0 Å². The van der Waals surface area contributed by atoms with E-state index in [-0.39, 0.29) is 11.6 Å². The first-order valence-electron chi connectivity index (χ1n) is 9.72. The van der Waals surface area contributed by atoms with Gasteiger partial charge in [0.15, 0.2) is 6.61 Å². The van der Waals surface area contributed by atoms with Gasteiger partial charge in [-0.2, -0.15) is 0 Å². The van der Waals surface area contributed by atoms with E-state index in [1.165, 1.54) is 13.0 Å². The number of nitrogens with zero attached hydrogens (tertiary/aromatic N) is 1. The topological polar surface area (TPSA) is 75.7 Å². The van der Waals surface area contributed by atoms with Crippen molar-refractivity contribution in [3.05, 3.63) is 77.5 Å². The SMILES string of the molecule is CC(=O)N/C(=C/c1ccccc1)C(=O)OCC(=O)N(Cc1ccccc1)C(C)(C)C. The van der Waals surface area contributed by atoms with Gasteiger partial charge in [0.05, 0.1) is 0 Å². The van der Waals surface area contributed by atoms with E-state index in [4.69, 9.17) is 4.74 Å². The highest BCUT2D eigenvalue weighted by molar-refractivity contribution is 5.98. The summed E-state index contributed by atoms with van der Waals surface area (Å²) in [6.45, 7) is 7.06. The minimum absolute atomic E-state index is 0.0214. The van der Waals surface area contributed by atoms with Crippen LogP contribution in [0.25, 0.3) is 6.08 Å². The van der Waals surface area contributed by atoms with Gasteiger partial charge in [-0.1, -0.05) is 60.7 Å². The number of carbonyl (C=O) groups is 3. The second-order valence-electron chi connectivity index (χ2n) is 7.86. The number of ether oxygens (including phenoxy) is 1. The maximum Gasteiger partial charge on any atom is 0.355 e. The van der Waals surface area contributed by atoms with Gasteiger partial charge in [-0.25, -0.2) is 4.79 Å². The molecule has 0 bridgehead atoms. The fourth-order valence-electron chi connectivity index (χ4n) is 2.80. The summed E-state index contributed by atoms with van der Waals surface area (Å²) < 4.78 is 5.24. The number of esters is 1. The molecule has 0 saturated carbocycles. The number of hydrogen-bond donors (Lipinski definition) is 1. The van der Waals surface area contributed by atoms with E-state index in [1.807, 2.05) is 69.3 Å². The lowest BCUT2D eigenvalue weighted by Crippen LogP contribution is -2.47. The van der Waals surface area contributed by atoms with Crippen LogP contribution in [0.1, 0.15) is 38.8 Å². The van der Waals surface area contributed by atoms with Crippen LogP contribution in [-0.2, 0) is 25.7 Å². The van der Waals surface area contributed by atoms with E-state index >= 15 is 0 Å². The van der Waals surface area contributed by atoms with Gasteiger partial charge in [0, 0.05) is 19.0 Å². The molecule has 0 aromatic heterocycles. The van der Waals surface area contributed by atoms with E-state index < -0.39 is 24.0 Å². The number of nitrogens with one attached hydrogen (secondary N) is 1. The molecule has 6 heteroatoms. The Morgan fingerprint density at radius 3 is 2.07 bits per heavy atom. The predicted molar refractivity (Wildman–Crippen MR) is 116 cm³/mol. The molecule has 0 spiro atoms. The summed E-state index contributed by atoms with van der Waals surface area (Å²) in [4.78, 5) is 38.5. The number of rotatable bonds is 7. The molecule has 0 heterocycles. The van der Waals surface area contributed by atoms with Gasteiger partial charge in [-0.15, -0.1) is 0 Å². The molecule has 0 radical (unpaired) electrons. The van der Waals surface area contributed by atoms with Crippen LogP contribution in [0.15, 0.2) is 66.4 Å². The number of benzene rings is 2. The number of hydrogen-bond acceptors (Lipinski definition) is 4. The molecule has 2 aromatic rings. The summed E-state index contributed by atoms with van der Waals surface area (Å²) in [5.74, 6) is -1.49. The zero-order valence-electron chi connectivity index (χ0n) is 17.8. The van der Waals surface area contributed by atoms with Gasteiger partial charge in [0.25, 0.3) is 5.91 Å². The summed E-state index contributed by atoms with van der Waals surface area (Å²) in [7, 11) is 0. The fourth-order valence-corrected chi connectivity index (χ4v) is 2.80. The molecule has 2 rings (SSSR count).